The van der Waals surface area contributed by atoms with Crippen molar-refractivity contribution >= 4 is 11.8 Å². The lowest BCUT2D eigenvalue weighted by molar-refractivity contribution is -0.150. The first-order valence-corrected chi connectivity index (χ1v) is 7.41. The van der Waals surface area contributed by atoms with Gasteiger partial charge in [0.05, 0.1) is 31.9 Å². The maximum Gasteiger partial charge on any atom is 0.242 e. The van der Waals surface area contributed by atoms with Crippen LogP contribution in [0.3, 0.4) is 0 Å². The summed E-state index contributed by atoms with van der Waals surface area (Å²) in [7, 11) is 0. The number of carbonyl (C=O) groups is 2. The molecule has 0 aromatic rings. The predicted molar refractivity (Wildman–Crippen MR) is 73.0 cm³/mol. The fourth-order valence-electron chi connectivity index (χ4n) is 2.74. The van der Waals surface area contributed by atoms with E-state index in [9.17, 15) is 9.59 Å². The summed E-state index contributed by atoms with van der Waals surface area (Å²) in [6.07, 6.45) is 3.18. The molecular formula is C14H24N2O4. The number of rotatable bonds is 3. The summed E-state index contributed by atoms with van der Waals surface area (Å²) < 4.78 is 5.43. The molecule has 2 fully saturated rings. The Balaban J connectivity index is 1.93. The zero-order valence-corrected chi connectivity index (χ0v) is 12.1. The standard InChI is InChI=1S/C14H24N2O4/c1-11-10-20-12(9-17)7-16(11)14(19)8-15-6-4-2-3-5-13(15)18/h11-12,17H,2-10H2,1H3. The highest BCUT2D eigenvalue weighted by atomic mass is 16.5. The smallest absolute Gasteiger partial charge is 0.242 e. The highest BCUT2D eigenvalue weighted by molar-refractivity contribution is 5.85. The van der Waals surface area contributed by atoms with E-state index in [1.54, 1.807) is 9.80 Å². The molecule has 2 unspecified atom stereocenters. The lowest BCUT2D eigenvalue weighted by Gasteiger charge is -2.38. The van der Waals surface area contributed by atoms with Crippen LogP contribution >= 0.6 is 0 Å². The van der Waals surface area contributed by atoms with Crippen LogP contribution in [-0.2, 0) is 14.3 Å². The Morgan fingerprint density at radius 1 is 1.40 bits per heavy atom. The van der Waals surface area contributed by atoms with Gasteiger partial charge < -0.3 is 19.6 Å². The molecular weight excluding hydrogens is 260 g/mol. The largest absolute Gasteiger partial charge is 0.394 e. The van der Waals surface area contributed by atoms with Crippen LogP contribution < -0.4 is 0 Å². The number of aliphatic hydroxyl groups is 1. The molecule has 0 radical (unpaired) electrons. The van der Waals surface area contributed by atoms with Crippen molar-refractivity contribution in [3.63, 3.8) is 0 Å². The number of likely N-dealkylation sites (tertiary alicyclic amines) is 1. The molecule has 20 heavy (non-hydrogen) atoms. The molecule has 2 amide bonds. The quantitative estimate of drug-likeness (QED) is 0.792. The molecule has 0 aromatic carbocycles. The van der Waals surface area contributed by atoms with E-state index in [-0.39, 0.29) is 37.1 Å². The molecule has 2 aliphatic rings. The lowest BCUT2D eigenvalue weighted by atomic mass is 10.2. The van der Waals surface area contributed by atoms with Crippen molar-refractivity contribution in [2.45, 2.75) is 44.8 Å². The van der Waals surface area contributed by atoms with Crippen molar-refractivity contribution in [1.82, 2.24) is 9.80 Å². The first kappa shape index (κ1) is 15.3. The van der Waals surface area contributed by atoms with E-state index in [4.69, 9.17) is 9.84 Å². The minimum absolute atomic E-state index is 0.00706. The molecule has 6 nitrogen and oxygen atoms in total. The lowest BCUT2D eigenvalue weighted by Crippen LogP contribution is -2.54. The molecule has 0 spiro atoms. The summed E-state index contributed by atoms with van der Waals surface area (Å²) in [5, 5.41) is 9.15. The van der Waals surface area contributed by atoms with Crippen molar-refractivity contribution in [3.8, 4) is 0 Å². The van der Waals surface area contributed by atoms with Gasteiger partial charge in [0, 0.05) is 19.5 Å². The maximum atomic E-state index is 12.4. The van der Waals surface area contributed by atoms with E-state index in [0.29, 0.717) is 26.1 Å². The van der Waals surface area contributed by atoms with Crippen molar-refractivity contribution in [3.05, 3.63) is 0 Å². The number of carbonyl (C=O) groups excluding carboxylic acids is 2. The van der Waals surface area contributed by atoms with E-state index < -0.39 is 0 Å². The van der Waals surface area contributed by atoms with Crippen molar-refractivity contribution in [2.24, 2.45) is 0 Å². The number of hydrogen-bond acceptors (Lipinski definition) is 4. The Kier molecular flexibility index (Phi) is 5.37. The third-order valence-corrected chi connectivity index (χ3v) is 4.03. The van der Waals surface area contributed by atoms with Crippen molar-refractivity contribution in [2.75, 3.05) is 32.8 Å². The number of amides is 2. The van der Waals surface area contributed by atoms with Crippen LogP contribution in [0.1, 0.15) is 32.6 Å². The maximum absolute atomic E-state index is 12.4. The molecule has 2 saturated heterocycles. The summed E-state index contributed by atoms with van der Waals surface area (Å²) >= 11 is 0. The van der Waals surface area contributed by atoms with Crippen molar-refractivity contribution < 1.29 is 19.4 Å². The van der Waals surface area contributed by atoms with Crippen LogP contribution in [0.5, 0.6) is 0 Å². The molecule has 2 atom stereocenters. The fourth-order valence-corrected chi connectivity index (χ4v) is 2.74. The molecule has 6 heteroatoms. The zero-order valence-electron chi connectivity index (χ0n) is 12.1. The van der Waals surface area contributed by atoms with Gasteiger partial charge in [-0.15, -0.1) is 0 Å². The summed E-state index contributed by atoms with van der Waals surface area (Å²) in [6.45, 7) is 3.51. The van der Waals surface area contributed by atoms with E-state index in [1.165, 1.54) is 0 Å². The number of aliphatic hydroxyl groups excluding tert-OH is 1. The topological polar surface area (TPSA) is 70.1 Å². The number of morpholine rings is 1. The molecule has 2 heterocycles. The third-order valence-electron chi connectivity index (χ3n) is 4.03. The average Bonchev–Trinajstić information content (AvgIpc) is 2.64. The summed E-state index contributed by atoms with van der Waals surface area (Å²) in [6, 6.07) is -0.00706. The van der Waals surface area contributed by atoms with E-state index >= 15 is 0 Å². The van der Waals surface area contributed by atoms with Gasteiger partial charge in [-0.1, -0.05) is 6.42 Å². The van der Waals surface area contributed by atoms with Crippen LogP contribution in [0.15, 0.2) is 0 Å². The third kappa shape index (κ3) is 3.70. The van der Waals surface area contributed by atoms with Crippen molar-refractivity contribution in [1.29, 1.82) is 0 Å². The van der Waals surface area contributed by atoms with E-state index in [0.717, 1.165) is 19.3 Å². The number of hydrogen-bond donors (Lipinski definition) is 1. The Morgan fingerprint density at radius 2 is 2.20 bits per heavy atom. The van der Waals surface area contributed by atoms with Gasteiger partial charge in [0.15, 0.2) is 0 Å². The normalized spacial score (nSPS) is 28.4. The molecule has 114 valence electrons. The Labute approximate surface area is 119 Å². The van der Waals surface area contributed by atoms with Gasteiger partial charge in [-0.25, -0.2) is 0 Å². The van der Waals surface area contributed by atoms with Crippen LogP contribution in [0.2, 0.25) is 0 Å². The summed E-state index contributed by atoms with van der Waals surface area (Å²) in [5.74, 6) is 0.0324. The Morgan fingerprint density at radius 3 is 2.95 bits per heavy atom. The van der Waals surface area contributed by atoms with Crippen LogP contribution in [0.25, 0.3) is 0 Å². The zero-order chi connectivity index (χ0) is 14.5. The van der Waals surface area contributed by atoms with Gasteiger partial charge in [-0.2, -0.15) is 0 Å². The number of ether oxygens (including phenoxy) is 1. The molecule has 0 aliphatic carbocycles. The number of nitrogens with zero attached hydrogens (tertiary/aromatic N) is 2. The van der Waals surface area contributed by atoms with Crippen LogP contribution in [0, 0.1) is 0 Å². The Bertz CT molecular complexity index is 361. The van der Waals surface area contributed by atoms with E-state index in [2.05, 4.69) is 0 Å². The van der Waals surface area contributed by atoms with Crippen LogP contribution in [-0.4, -0.2) is 71.7 Å². The highest BCUT2D eigenvalue weighted by Gasteiger charge is 2.31. The first-order valence-electron chi connectivity index (χ1n) is 7.41. The Hall–Kier alpha value is -1.14. The monoisotopic (exact) mass is 284 g/mol. The predicted octanol–water partition coefficient (Wildman–Crippen LogP) is -0.00280. The first-order chi connectivity index (χ1) is 9.61. The molecule has 2 aliphatic heterocycles. The highest BCUT2D eigenvalue weighted by Crippen LogP contribution is 2.15. The van der Waals surface area contributed by atoms with Gasteiger partial charge in [0.2, 0.25) is 11.8 Å². The second kappa shape index (κ2) is 7.04. The molecule has 0 bridgehead atoms. The van der Waals surface area contributed by atoms with Crippen LogP contribution in [0.4, 0.5) is 0 Å². The second-order valence-corrected chi connectivity index (χ2v) is 5.66. The van der Waals surface area contributed by atoms with E-state index in [1.807, 2.05) is 6.92 Å². The van der Waals surface area contributed by atoms with Gasteiger partial charge >= 0.3 is 0 Å². The summed E-state index contributed by atoms with van der Waals surface area (Å²) in [5.41, 5.74) is 0. The van der Waals surface area contributed by atoms with Gasteiger partial charge in [0.1, 0.15) is 0 Å². The van der Waals surface area contributed by atoms with Gasteiger partial charge in [0.25, 0.3) is 0 Å². The fraction of sp³-hybridized carbons (Fsp3) is 0.857. The minimum atomic E-state index is -0.310. The second-order valence-electron chi connectivity index (χ2n) is 5.66. The van der Waals surface area contributed by atoms with Gasteiger partial charge in [-0.3, -0.25) is 9.59 Å². The average molecular weight is 284 g/mol. The summed E-state index contributed by atoms with van der Waals surface area (Å²) in [4.78, 5) is 27.7. The molecule has 2 rings (SSSR count). The SMILES string of the molecule is CC1COC(CO)CN1C(=O)CN1CCCCCC1=O. The minimum Gasteiger partial charge on any atom is -0.394 e. The van der Waals surface area contributed by atoms with Gasteiger partial charge in [-0.05, 0) is 19.8 Å². The molecule has 0 aromatic heterocycles. The molecule has 0 saturated carbocycles. The molecule has 1 N–H and O–H groups in total.